The number of hydrogen-bond donors (Lipinski definition) is 3. The number of carbonyl (C=O) groups is 3. The van der Waals surface area contributed by atoms with Gasteiger partial charge in [-0.1, -0.05) is 54.5 Å². The van der Waals surface area contributed by atoms with Gasteiger partial charge in [-0.2, -0.15) is 12.6 Å². The standard InChI is InChI=1S/C23H36O4.C23H34O4.CH4S.CH4/c1-14(19(24)26-4)16-7-8-17-18-6-5-15-13-22(25)11-10-21(15,3)23(18,27-22)12-9-20(16,17)2;1-14(20(25)27-4)17-7-8-18-19-6-5-15-13-16(24)9-10-22(15,3)23(19,26)12-11-21(17,18)2;1-2;/h14-18,25H,5-13H2,1-4H3;13-14,17-19,26H,5-12H2,1-4H3;2H,1H3;1H4/t14-,15+,16+,17?,18?,20+,21-,22-,23+;14-,17+,18?,19?,21+,22-,23+;;/m00../s1. The molecule has 9 fully saturated rings. The molecule has 2 aliphatic heterocycles. The van der Waals surface area contributed by atoms with Crippen LogP contribution >= 0.6 is 12.6 Å². The summed E-state index contributed by atoms with van der Waals surface area (Å²) >= 11 is 3.53. The normalized spacial score (nSPS) is 49.5. The molecule has 0 aromatic heterocycles. The molecule has 8 aliphatic carbocycles. The average Bonchev–Trinajstić information content (AvgIpc) is 3.72. The molecule has 324 valence electrons. The Balaban J connectivity index is 0.000000182. The summed E-state index contributed by atoms with van der Waals surface area (Å²) in [4.78, 5) is 36.5. The minimum Gasteiger partial charge on any atom is -0.469 e. The van der Waals surface area contributed by atoms with Crippen LogP contribution in [0.15, 0.2) is 11.6 Å². The summed E-state index contributed by atoms with van der Waals surface area (Å²) in [6, 6.07) is 0. The number of rotatable bonds is 4. The lowest BCUT2D eigenvalue weighted by molar-refractivity contribution is -0.418. The van der Waals surface area contributed by atoms with E-state index in [9.17, 15) is 24.6 Å². The third-order valence-corrected chi connectivity index (χ3v) is 19.8. The van der Waals surface area contributed by atoms with Crippen molar-refractivity contribution in [2.45, 2.75) is 175 Å². The van der Waals surface area contributed by atoms with Gasteiger partial charge >= 0.3 is 11.9 Å². The monoisotopic (exact) mass is 815 g/mol. The number of ketones is 1. The Morgan fingerprint density at radius 3 is 1.84 bits per heavy atom. The molecule has 0 aromatic rings. The van der Waals surface area contributed by atoms with Crippen LogP contribution in [0.4, 0.5) is 0 Å². The van der Waals surface area contributed by atoms with Crippen LogP contribution in [0.2, 0.25) is 0 Å². The fourth-order valence-electron chi connectivity index (χ4n) is 16.7. The zero-order valence-corrected chi connectivity index (χ0v) is 37.0. The first-order valence-corrected chi connectivity index (χ1v) is 23.2. The van der Waals surface area contributed by atoms with E-state index in [1.54, 1.807) is 6.26 Å². The van der Waals surface area contributed by atoms with Crippen LogP contribution in [0, 0.1) is 74.9 Å². The third kappa shape index (κ3) is 6.31. The van der Waals surface area contributed by atoms with E-state index in [0.29, 0.717) is 41.9 Å². The van der Waals surface area contributed by atoms with Gasteiger partial charge in [-0.25, -0.2) is 0 Å². The van der Waals surface area contributed by atoms with Gasteiger partial charge in [-0.05, 0) is 154 Å². The van der Waals surface area contributed by atoms with Crippen molar-refractivity contribution in [2.75, 3.05) is 20.5 Å². The van der Waals surface area contributed by atoms with Crippen LogP contribution in [0.3, 0.4) is 0 Å². The maximum Gasteiger partial charge on any atom is 0.308 e. The van der Waals surface area contributed by atoms with Gasteiger partial charge in [0.2, 0.25) is 0 Å². The molecule has 2 N–H and O–H groups in total. The predicted octanol–water partition coefficient (Wildman–Crippen LogP) is 9.54. The number of methoxy groups -OCH3 is 2. The highest BCUT2D eigenvalue weighted by molar-refractivity contribution is 7.79. The lowest BCUT2D eigenvalue weighted by atomic mass is 9.40. The van der Waals surface area contributed by atoms with E-state index >= 15 is 0 Å². The Hall–Kier alpha value is -1.42. The fraction of sp³-hybridized carbons (Fsp3) is 0.896. The van der Waals surface area contributed by atoms with Crippen molar-refractivity contribution in [1.29, 1.82) is 0 Å². The molecule has 10 rings (SSSR count). The van der Waals surface area contributed by atoms with Crippen LogP contribution in [-0.4, -0.2) is 65.4 Å². The lowest BCUT2D eigenvalue weighted by Gasteiger charge is -2.73. The van der Waals surface area contributed by atoms with Crippen LogP contribution < -0.4 is 0 Å². The molecule has 0 aromatic carbocycles. The van der Waals surface area contributed by atoms with E-state index in [-0.39, 0.29) is 70.2 Å². The summed E-state index contributed by atoms with van der Waals surface area (Å²) in [5, 5.41) is 23.2. The van der Waals surface area contributed by atoms with Crippen molar-refractivity contribution in [3.63, 3.8) is 0 Å². The summed E-state index contributed by atoms with van der Waals surface area (Å²) < 4.78 is 16.9. The molecule has 2 saturated heterocycles. The number of carbonyl (C=O) groups excluding carboxylic acids is 3. The molecule has 2 heterocycles. The smallest absolute Gasteiger partial charge is 0.308 e. The number of ether oxygens (including phenoxy) is 3. The SMILES string of the molecule is C.COC(=O)[C@@H](C)[C@H]1CCC2C3CCC4=CC(=O)CC[C@]4(C)[C@@]3(O)CC[C@@]21C.COC(=O)[C@@H](C)[C@H]1CCC2C3CC[C@@H]4C[C@]5(O)CC[C@]4(C)[C@]3(CC[C@@]21C)O5.CS. The van der Waals surface area contributed by atoms with Crippen molar-refractivity contribution in [3.8, 4) is 0 Å². The Kier molecular flexibility index (Phi) is 12.3. The van der Waals surface area contributed by atoms with Crippen molar-refractivity contribution in [2.24, 2.45) is 74.9 Å². The molecular formula is C48H78O8S. The molecule has 0 radical (unpaired) electrons. The lowest BCUT2D eigenvalue weighted by Crippen LogP contribution is -2.74. The van der Waals surface area contributed by atoms with Crippen LogP contribution in [-0.2, 0) is 28.6 Å². The molecule has 16 atom stereocenters. The summed E-state index contributed by atoms with van der Waals surface area (Å²) in [6.07, 6.45) is 20.3. The van der Waals surface area contributed by atoms with E-state index in [2.05, 4.69) is 47.2 Å². The van der Waals surface area contributed by atoms with Crippen molar-refractivity contribution >= 4 is 30.4 Å². The number of esters is 2. The first kappa shape index (κ1) is 45.1. The summed E-state index contributed by atoms with van der Waals surface area (Å²) in [5.41, 5.74) is 0.547. The zero-order valence-electron chi connectivity index (χ0n) is 36.1. The van der Waals surface area contributed by atoms with Gasteiger partial charge in [-0.3, -0.25) is 14.4 Å². The molecule has 4 unspecified atom stereocenters. The van der Waals surface area contributed by atoms with Gasteiger partial charge in [-0.15, -0.1) is 0 Å². The van der Waals surface area contributed by atoms with Crippen molar-refractivity contribution in [3.05, 3.63) is 11.6 Å². The van der Waals surface area contributed by atoms with Crippen LogP contribution in [0.5, 0.6) is 0 Å². The minimum absolute atomic E-state index is 0. The van der Waals surface area contributed by atoms with Gasteiger partial charge in [0.25, 0.3) is 0 Å². The molecule has 57 heavy (non-hydrogen) atoms. The second-order valence-corrected chi connectivity index (χ2v) is 21.2. The van der Waals surface area contributed by atoms with E-state index < -0.39 is 11.4 Å². The van der Waals surface area contributed by atoms with Gasteiger partial charge in [0, 0.05) is 30.1 Å². The van der Waals surface area contributed by atoms with E-state index in [0.717, 1.165) is 83.5 Å². The summed E-state index contributed by atoms with van der Waals surface area (Å²) in [7, 11) is 2.99. The molecule has 10 aliphatic rings. The molecular weight excluding hydrogens is 737 g/mol. The third-order valence-electron chi connectivity index (χ3n) is 19.8. The Morgan fingerprint density at radius 2 is 1.26 bits per heavy atom. The molecule has 4 bridgehead atoms. The Morgan fingerprint density at radius 1 is 0.719 bits per heavy atom. The first-order chi connectivity index (χ1) is 26.4. The van der Waals surface area contributed by atoms with Crippen LogP contribution in [0.25, 0.3) is 0 Å². The molecule has 7 saturated carbocycles. The van der Waals surface area contributed by atoms with Crippen LogP contribution in [0.1, 0.15) is 158 Å². The van der Waals surface area contributed by atoms with Crippen molar-refractivity contribution < 1.29 is 38.8 Å². The molecule has 9 heteroatoms. The maximum atomic E-state index is 12.3. The number of hydrogen-bond acceptors (Lipinski definition) is 9. The summed E-state index contributed by atoms with van der Waals surface area (Å²) in [6.45, 7) is 13.5. The highest BCUT2D eigenvalue weighted by Crippen LogP contribution is 2.75. The van der Waals surface area contributed by atoms with Gasteiger partial charge in [0.15, 0.2) is 11.6 Å². The first-order valence-electron chi connectivity index (χ1n) is 22.4. The number of fused-ring (bicyclic) bond motifs is 8. The second-order valence-electron chi connectivity index (χ2n) is 21.2. The number of aliphatic hydroxyl groups is 2. The Bertz CT molecular complexity index is 1600. The maximum absolute atomic E-state index is 12.3. The second kappa shape index (κ2) is 15.5. The molecule has 1 spiro atoms. The Labute approximate surface area is 350 Å². The van der Waals surface area contributed by atoms with E-state index in [1.807, 2.05) is 13.0 Å². The van der Waals surface area contributed by atoms with Gasteiger partial charge < -0.3 is 24.4 Å². The molecule has 8 nitrogen and oxygen atoms in total. The van der Waals surface area contributed by atoms with Crippen molar-refractivity contribution in [1.82, 2.24) is 0 Å². The summed E-state index contributed by atoms with van der Waals surface area (Å²) in [5.74, 6) is 2.25. The minimum atomic E-state index is -0.883. The highest BCUT2D eigenvalue weighted by Gasteiger charge is 2.74. The van der Waals surface area contributed by atoms with Gasteiger partial charge in [0.1, 0.15) is 0 Å². The highest BCUT2D eigenvalue weighted by atomic mass is 32.1. The topological polar surface area (TPSA) is 119 Å². The largest absolute Gasteiger partial charge is 0.469 e. The van der Waals surface area contributed by atoms with E-state index in [1.165, 1.54) is 39.1 Å². The average molecular weight is 815 g/mol. The quantitative estimate of drug-likeness (QED) is 0.190. The fourth-order valence-corrected chi connectivity index (χ4v) is 16.7. The zero-order chi connectivity index (χ0) is 40.9. The molecule has 0 amide bonds. The van der Waals surface area contributed by atoms with E-state index in [4.69, 9.17) is 14.2 Å². The number of thiol groups is 1. The van der Waals surface area contributed by atoms with Gasteiger partial charge in [0.05, 0.1) is 37.3 Å². The predicted molar refractivity (Wildman–Crippen MR) is 226 cm³/mol.